The van der Waals surface area contributed by atoms with Crippen molar-refractivity contribution in [2.45, 2.75) is 6.54 Å². The molecular weight excluding hydrogens is 336 g/mol. The van der Waals surface area contributed by atoms with Gasteiger partial charge < -0.3 is 20.1 Å². The number of amides is 1. The summed E-state index contributed by atoms with van der Waals surface area (Å²) in [6.07, 6.45) is 0. The maximum absolute atomic E-state index is 12.4. The lowest BCUT2D eigenvalue weighted by atomic mass is 10.1. The van der Waals surface area contributed by atoms with Gasteiger partial charge in [-0.05, 0) is 23.8 Å². The molecule has 0 aliphatic heterocycles. The molecule has 0 aliphatic carbocycles. The first-order chi connectivity index (χ1) is 12.5. The Hall–Kier alpha value is -3.61. The van der Waals surface area contributed by atoms with Crippen LogP contribution in [0.3, 0.4) is 0 Å². The van der Waals surface area contributed by atoms with Gasteiger partial charge in [0.25, 0.3) is 11.5 Å². The van der Waals surface area contributed by atoms with Crippen LogP contribution in [-0.4, -0.2) is 29.1 Å². The molecule has 26 heavy (non-hydrogen) atoms. The number of aromatic nitrogens is 1. The summed E-state index contributed by atoms with van der Waals surface area (Å²) in [5.74, 6) is -1.70. The van der Waals surface area contributed by atoms with Crippen molar-refractivity contribution < 1.29 is 19.4 Å². The van der Waals surface area contributed by atoms with Crippen molar-refractivity contribution in [1.82, 2.24) is 10.3 Å². The number of carbonyl (C=O) groups excluding carboxylic acids is 2. The molecule has 0 spiro atoms. The van der Waals surface area contributed by atoms with Gasteiger partial charge in [0, 0.05) is 11.9 Å². The van der Waals surface area contributed by atoms with Crippen LogP contribution in [0.4, 0.5) is 0 Å². The largest absolute Gasteiger partial charge is 0.506 e. The maximum Gasteiger partial charge on any atom is 0.337 e. The van der Waals surface area contributed by atoms with Crippen molar-refractivity contribution >= 4 is 22.8 Å². The van der Waals surface area contributed by atoms with Crippen LogP contribution in [-0.2, 0) is 11.3 Å². The van der Waals surface area contributed by atoms with E-state index < -0.39 is 23.2 Å². The molecule has 0 saturated heterocycles. The number of rotatable bonds is 4. The monoisotopic (exact) mass is 352 g/mol. The van der Waals surface area contributed by atoms with E-state index in [4.69, 9.17) is 0 Å². The lowest BCUT2D eigenvalue weighted by Gasteiger charge is -2.09. The van der Waals surface area contributed by atoms with Crippen molar-refractivity contribution in [2.24, 2.45) is 0 Å². The van der Waals surface area contributed by atoms with Crippen molar-refractivity contribution in [2.75, 3.05) is 7.11 Å². The van der Waals surface area contributed by atoms with Gasteiger partial charge in [-0.2, -0.15) is 0 Å². The highest BCUT2D eigenvalue weighted by molar-refractivity contribution is 6.03. The summed E-state index contributed by atoms with van der Waals surface area (Å²) in [5, 5.41) is 13.2. The Morgan fingerprint density at radius 1 is 1.15 bits per heavy atom. The summed E-state index contributed by atoms with van der Waals surface area (Å²) in [6.45, 7) is 0.220. The molecule has 3 N–H and O–H groups in total. The smallest absolute Gasteiger partial charge is 0.337 e. The van der Waals surface area contributed by atoms with Crippen LogP contribution in [0.2, 0.25) is 0 Å². The average Bonchev–Trinajstić information content (AvgIpc) is 2.66. The number of aromatic hydroxyl groups is 1. The van der Waals surface area contributed by atoms with Crippen LogP contribution in [0.1, 0.15) is 26.3 Å². The molecule has 7 nitrogen and oxygen atoms in total. The van der Waals surface area contributed by atoms with Crippen LogP contribution in [0.25, 0.3) is 10.9 Å². The van der Waals surface area contributed by atoms with E-state index in [0.29, 0.717) is 0 Å². The molecule has 1 heterocycles. The standard InChI is InChI=1S/C19H16N2O5/c1-26-19(25)12-7-8-13-14(9-12)21-18(24)15(16(13)22)17(23)20-10-11-5-3-2-4-6-11/h2-9H,10H2,1H3,(H,20,23)(H2,21,22,24). The fourth-order valence-corrected chi connectivity index (χ4v) is 2.60. The normalized spacial score (nSPS) is 10.5. The molecule has 0 fully saturated rings. The quantitative estimate of drug-likeness (QED) is 0.622. The van der Waals surface area contributed by atoms with Gasteiger partial charge >= 0.3 is 5.97 Å². The molecule has 2 aromatic carbocycles. The van der Waals surface area contributed by atoms with Gasteiger partial charge in [0.05, 0.1) is 18.2 Å². The average molecular weight is 352 g/mol. The second-order valence-electron chi connectivity index (χ2n) is 5.60. The third-order valence-electron chi connectivity index (χ3n) is 3.93. The summed E-state index contributed by atoms with van der Waals surface area (Å²) in [7, 11) is 1.24. The molecule has 3 aromatic rings. The molecular formula is C19H16N2O5. The molecule has 0 bridgehead atoms. The number of aromatic amines is 1. The molecule has 7 heteroatoms. The minimum Gasteiger partial charge on any atom is -0.506 e. The number of H-pyrrole nitrogens is 1. The summed E-state index contributed by atoms with van der Waals surface area (Å²) < 4.78 is 4.62. The predicted molar refractivity (Wildman–Crippen MR) is 95.2 cm³/mol. The number of pyridine rings is 1. The first kappa shape index (κ1) is 17.2. The fourth-order valence-electron chi connectivity index (χ4n) is 2.60. The Labute approximate surface area is 148 Å². The van der Waals surface area contributed by atoms with E-state index >= 15 is 0 Å². The molecule has 1 aromatic heterocycles. The summed E-state index contributed by atoms with van der Waals surface area (Å²) >= 11 is 0. The molecule has 1 amide bonds. The van der Waals surface area contributed by atoms with E-state index in [1.807, 2.05) is 30.3 Å². The number of methoxy groups -OCH3 is 1. The molecule has 132 valence electrons. The Morgan fingerprint density at radius 3 is 2.58 bits per heavy atom. The Bertz CT molecular complexity index is 1040. The van der Waals surface area contributed by atoms with Crippen LogP contribution in [0, 0.1) is 0 Å². The number of benzene rings is 2. The molecule has 0 saturated carbocycles. The third-order valence-corrected chi connectivity index (χ3v) is 3.93. The van der Waals surface area contributed by atoms with Gasteiger partial charge in [-0.15, -0.1) is 0 Å². The number of esters is 1. The van der Waals surface area contributed by atoms with Gasteiger partial charge in [-0.3, -0.25) is 9.59 Å². The van der Waals surface area contributed by atoms with Crippen molar-refractivity contribution in [3.05, 3.63) is 75.6 Å². The molecule has 0 unspecified atom stereocenters. The Morgan fingerprint density at radius 2 is 1.88 bits per heavy atom. The van der Waals surface area contributed by atoms with E-state index in [1.54, 1.807) is 0 Å². The fraction of sp³-hybridized carbons (Fsp3) is 0.105. The molecule has 0 aliphatic rings. The highest BCUT2D eigenvalue weighted by Crippen LogP contribution is 2.25. The first-order valence-corrected chi connectivity index (χ1v) is 7.80. The number of nitrogens with one attached hydrogen (secondary N) is 2. The summed E-state index contributed by atoms with van der Waals surface area (Å²) in [4.78, 5) is 38.7. The van der Waals surface area contributed by atoms with E-state index in [0.717, 1.165) is 5.56 Å². The Balaban J connectivity index is 1.94. The number of ether oxygens (including phenoxy) is 1. The minimum atomic E-state index is -0.748. The lowest BCUT2D eigenvalue weighted by molar-refractivity contribution is 0.0600. The van der Waals surface area contributed by atoms with Gasteiger partial charge in [0.1, 0.15) is 11.3 Å². The second kappa shape index (κ2) is 7.10. The molecule has 0 atom stereocenters. The predicted octanol–water partition coefficient (Wildman–Crippen LogP) is 1.95. The number of hydrogen-bond donors (Lipinski definition) is 3. The summed E-state index contributed by atoms with van der Waals surface area (Å²) in [6, 6.07) is 13.5. The Kier molecular flexibility index (Phi) is 4.70. The van der Waals surface area contributed by atoms with Crippen LogP contribution >= 0.6 is 0 Å². The lowest BCUT2D eigenvalue weighted by Crippen LogP contribution is -2.29. The third kappa shape index (κ3) is 3.27. The summed E-state index contributed by atoms with van der Waals surface area (Å²) in [5.41, 5.74) is 0.188. The minimum absolute atomic E-state index is 0.219. The zero-order valence-electron chi connectivity index (χ0n) is 13.9. The van der Waals surface area contributed by atoms with Crippen LogP contribution < -0.4 is 10.9 Å². The van der Waals surface area contributed by atoms with Crippen molar-refractivity contribution in [1.29, 1.82) is 0 Å². The van der Waals surface area contributed by atoms with Crippen LogP contribution in [0.5, 0.6) is 5.75 Å². The van der Waals surface area contributed by atoms with Gasteiger partial charge in [-0.1, -0.05) is 30.3 Å². The van der Waals surface area contributed by atoms with E-state index in [9.17, 15) is 19.5 Å². The highest BCUT2D eigenvalue weighted by atomic mass is 16.5. The van der Waals surface area contributed by atoms with Crippen LogP contribution in [0.15, 0.2) is 53.3 Å². The molecule has 0 radical (unpaired) electrons. The van der Waals surface area contributed by atoms with Crippen molar-refractivity contribution in [3.8, 4) is 5.75 Å². The van der Waals surface area contributed by atoms with Gasteiger partial charge in [0.2, 0.25) is 0 Å². The van der Waals surface area contributed by atoms with E-state index in [1.165, 1.54) is 25.3 Å². The van der Waals surface area contributed by atoms with E-state index in [2.05, 4.69) is 15.0 Å². The zero-order valence-corrected chi connectivity index (χ0v) is 13.9. The van der Waals surface area contributed by atoms with E-state index in [-0.39, 0.29) is 28.6 Å². The van der Waals surface area contributed by atoms with Crippen molar-refractivity contribution in [3.63, 3.8) is 0 Å². The second-order valence-corrected chi connectivity index (χ2v) is 5.60. The first-order valence-electron chi connectivity index (χ1n) is 7.80. The van der Waals surface area contributed by atoms with Gasteiger partial charge in [-0.25, -0.2) is 4.79 Å². The SMILES string of the molecule is COC(=O)c1ccc2c(O)c(C(=O)NCc3ccccc3)c(=O)[nH]c2c1. The highest BCUT2D eigenvalue weighted by Gasteiger charge is 2.19. The van der Waals surface area contributed by atoms with Gasteiger partial charge in [0.15, 0.2) is 0 Å². The zero-order chi connectivity index (χ0) is 18.7. The topological polar surface area (TPSA) is 108 Å². The number of carbonyl (C=O) groups is 2. The number of fused-ring (bicyclic) bond motifs is 1. The maximum atomic E-state index is 12.4. The number of hydrogen-bond acceptors (Lipinski definition) is 5. The molecule has 3 rings (SSSR count).